The number of hydrogen-bond acceptors (Lipinski definition) is 2. The fourth-order valence-corrected chi connectivity index (χ4v) is 4.12. The van der Waals surface area contributed by atoms with E-state index in [-0.39, 0.29) is 17.7 Å². The molecular weight excluding hydrogens is 324 g/mol. The largest absolute Gasteiger partial charge is 0.356 e. The van der Waals surface area contributed by atoms with Crippen molar-refractivity contribution in [3.8, 4) is 0 Å². The third-order valence-electron chi connectivity index (χ3n) is 5.83. The fourth-order valence-electron chi connectivity index (χ4n) is 4.12. The van der Waals surface area contributed by atoms with Crippen LogP contribution in [0.5, 0.6) is 0 Å². The first-order valence-corrected chi connectivity index (χ1v) is 10.0. The second-order valence-electron chi connectivity index (χ2n) is 7.87. The Bertz CT molecular complexity index is 791. The van der Waals surface area contributed by atoms with Gasteiger partial charge in [-0.05, 0) is 43.7 Å². The van der Waals surface area contributed by atoms with Crippen molar-refractivity contribution in [2.75, 3.05) is 6.54 Å². The maximum absolute atomic E-state index is 12.3. The molecular formula is C22H30N2O2. The number of aryl methyl sites for hydroxylation is 2. The average Bonchev–Trinajstić information content (AvgIpc) is 2.65. The smallest absolute Gasteiger partial charge is 0.253 e. The van der Waals surface area contributed by atoms with E-state index in [0.717, 1.165) is 34.0 Å². The first-order chi connectivity index (χ1) is 12.5. The monoisotopic (exact) mass is 354 g/mol. The molecule has 0 radical (unpaired) electrons. The summed E-state index contributed by atoms with van der Waals surface area (Å²) in [7, 11) is 0. The van der Waals surface area contributed by atoms with Crippen LogP contribution in [0.2, 0.25) is 0 Å². The lowest BCUT2D eigenvalue weighted by molar-refractivity contribution is -0.123. The highest BCUT2D eigenvalue weighted by Crippen LogP contribution is 2.27. The number of nitrogens with zero attached hydrogens (tertiary/aromatic N) is 1. The van der Waals surface area contributed by atoms with Gasteiger partial charge >= 0.3 is 0 Å². The van der Waals surface area contributed by atoms with E-state index in [1.807, 2.05) is 26.0 Å². The van der Waals surface area contributed by atoms with Crippen LogP contribution in [0.1, 0.15) is 62.5 Å². The predicted molar refractivity (Wildman–Crippen MR) is 103 cm³/mol. The molecule has 0 spiro atoms. The molecule has 0 aromatic heterocycles. The first kappa shape index (κ1) is 18.8. The van der Waals surface area contributed by atoms with Crippen LogP contribution in [0.25, 0.3) is 6.08 Å². The minimum Gasteiger partial charge on any atom is -0.356 e. The Morgan fingerprint density at radius 2 is 1.85 bits per heavy atom. The second kappa shape index (κ2) is 8.61. The maximum atomic E-state index is 12.3. The van der Waals surface area contributed by atoms with E-state index in [9.17, 15) is 9.59 Å². The Balaban J connectivity index is 1.50. The molecule has 4 nitrogen and oxygen atoms in total. The molecule has 0 bridgehead atoms. The molecule has 2 aliphatic rings. The van der Waals surface area contributed by atoms with Crippen LogP contribution in [-0.2, 0) is 9.59 Å². The SMILES string of the molecule is Cc1ccc(C)c2c1=CC(CCNC(=O)CCC1CCCCC1)C(=O)N=2. The molecule has 1 heterocycles. The Labute approximate surface area is 155 Å². The van der Waals surface area contributed by atoms with Gasteiger partial charge in [0.15, 0.2) is 0 Å². The molecule has 1 aromatic rings. The lowest BCUT2D eigenvalue weighted by Gasteiger charge is -2.21. The van der Waals surface area contributed by atoms with Gasteiger partial charge in [0.25, 0.3) is 5.91 Å². The van der Waals surface area contributed by atoms with Crippen molar-refractivity contribution in [2.45, 2.75) is 65.2 Å². The second-order valence-corrected chi connectivity index (χ2v) is 7.87. The van der Waals surface area contributed by atoms with Gasteiger partial charge in [-0.2, -0.15) is 0 Å². The molecule has 0 saturated heterocycles. The summed E-state index contributed by atoms with van der Waals surface area (Å²) >= 11 is 0. The number of carbonyl (C=O) groups is 2. The summed E-state index contributed by atoms with van der Waals surface area (Å²) in [5, 5.41) is 4.86. The van der Waals surface area contributed by atoms with Crippen LogP contribution >= 0.6 is 0 Å². The highest BCUT2D eigenvalue weighted by Gasteiger charge is 2.20. The average molecular weight is 354 g/mol. The Hall–Kier alpha value is -1.97. The molecule has 2 amide bonds. The molecule has 1 aromatic carbocycles. The lowest BCUT2D eigenvalue weighted by Crippen LogP contribution is -2.38. The van der Waals surface area contributed by atoms with Gasteiger partial charge in [-0.25, -0.2) is 4.99 Å². The van der Waals surface area contributed by atoms with Crippen molar-refractivity contribution in [1.82, 2.24) is 5.32 Å². The number of carbonyl (C=O) groups excluding carboxylic acids is 2. The van der Waals surface area contributed by atoms with Crippen molar-refractivity contribution < 1.29 is 9.59 Å². The molecule has 1 aliphatic heterocycles. The number of benzene rings is 1. The topological polar surface area (TPSA) is 58.5 Å². The Morgan fingerprint density at radius 3 is 2.62 bits per heavy atom. The summed E-state index contributed by atoms with van der Waals surface area (Å²) in [5.41, 5.74) is 2.17. The summed E-state index contributed by atoms with van der Waals surface area (Å²) in [6.07, 6.45) is 10.8. The minimum absolute atomic E-state index is 0.0948. The van der Waals surface area contributed by atoms with Gasteiger partial charge < -0.3 is 5.32 Å². The molecule has 140 valence electrons. The molecule has 1 saturated carbocycles. The molecule has 3 rings (SSSR count). The van der Waals surface area contributed by atoms with Crippen LogP contribution in [0.3, 0.4) is 0 Å². The molecule has 1 unspecified atom stereocenters. The summed E-state index contributed by atoms with van der Waals surface area (Å²) in [5.74, 6) is 0.511. The number of amides is 2. The molecule has 1 atom stereocenters. The van der Waals surface area contributed by atoms with E-state index >= 15 is 0 Å². The standard InChI is InChI=1S/C22H30N2O2/c1-15-8-9-16(2)21-19(15)14-18(22(26)24-21)12-13-23-20(25)11-10-17-6-4-3-5-7-17/h8-9,14,17-18H,3-7,10-13H2,1-2H3,(H,23,25). The van der Waals surface area contributed by atoms with Crippen LogP contribution in [0.4, 0.5) is 0 Å². The zero-order valence-electron chi connectivity index (χ0n) is 16.0. The number of nitrogens with one attached hydrogen (secondary N) is 1. The minimum atomic E-state index is -0.235. The van der Waals surface area contributed by atoms with Gasteiger partial charge in [0.1, 0.15) is 0 Å². The summed E-state index contributed by atoms with van der Waals surface area (Å²) in [6, 6.07) is 4.08. The van der Waals surface area contributed by atoms with Crippen LogP contribution in [0, 0.1) is 25.7 Å². The third kappa shape index (κ3) is 4.60. The van der Waals surface area contributed by atoms with Crippen molar-refractivity contribution in [3.63, 3.8) is 0 Å². The Kier molecular flexibility index (Phi) is 6.23. The summed E-state index contributed by atoms with van der Waals surface area (Å²) in [4.78, 5) is 28.7. The third-order valence-corrected chi connectivity index (χ3v) is 5.83. The normalized spacial score (nSPS) is 20.1. The number of hydrogen-bond donors (Lipinski definition) is 1. The highest BCUT2D eigenvalue weighted by molar-refractivity contribution is 5.86. The van der Waals surface area contributed by atoms with Crippen LogP contribution in [-0.4, -0.2) is 18.4 Å². The van der Waals surface area contributed by atoms with Crippen molar-refractivity contribution in [2.24, 2.45) is 16.8 Å². The lowest BCUT2D eigenvalue weighted by atomic mass is 9.86. The van der Waals surface area contributed by atoms with Gasteiger partial charge in [0, 0.05) is 18.2 Å². The van der Waals surface area contributed by atoms with Crippen molar-refractivity contribution in [3.05, 3.63) is 33.8 Å². The van der Waals surface area contributed by atoms with E-state index in [4.69, 9.17) is 0 Å². The predicted octanol–water partition coefficient (Wildman–Crippen LogP) is 2.73. The van der Waals surface area contributed by atoms with Gasteiger partial charge in [-0.15, -0.1) is 0 Å². The van der Waals surface area contributed by atoms with Gasteiger partial charge in [-0.1, -0.05) is 50.3 Å². The quantitative estimate of drug-likeness (QED) is 0.854. The van der Waals surface area contributed by atoms with Gasteiger partial charge in [0.05, 0.1) is 11.3 Å². The van der Waals surface area contributed by atoms with Gasteiger partial charge in [-0.3, -0.25) is 9.59 Å². The summed E-state index contributed by atoms with van der Waals surface area (Å²) < 4.78 is 0. The zero-order chi connectivity index (χ0) is 18.5. The van der Waals surface area contributed by atoms with Crippen LogP contribution < -0.4 is 15.9 Å². The number of fused-ring (bicyclic) bond motifs is 1. The fraction of sp³-hybridized carbons (Fsp3) is 0.591. The molecule has 1 fully saturated rings. The van der Waals surface area contributed by atoms with E-state index in [1.54, 1.807) is 0 Å². The highest BCUT2D eigenvalue weighted by atomic mass is 16.2. The van der Waals surface area contributed by atoms with Crippen molar-refractivity contribution >= 4 is 17.9 Å². The summed E-state index contributed by atoms with van der Waals surface area (Å²) in [6.45, 7) is 4.56. The maximum Gasteiger partial charge on any atom is 0.253 e. The zero-order valence-corrected chi connectivity index (χ0v) is 16.0. The number of rotatable bonds is 6. The molecule has 1 N–H and O–H groups in total. The molecule has 4 heteroatoms. The molecule has 26 heavy (non-hydrogen) atoms. The molecule has 1 aliphatic carbocycles. The van der Waals surface area contributed by atoms with Gasteiger partial charge in [0.2, 0.25) is 5.91 Å². The van der Waals surface area contributed by atoms with E-state index < -0.39 is 0 Å². The first-order valence-electron chi connectivity index (χ1n) is 10.0. The van der Waals surface area contributed by atoms with E-state index in [2.05, 4.69) is 16.4 Å². The van der Waals surface area contributed by atoms with Crippen LogP contribution in [0.15, 0.2) is 17.1 Å². The van der Waals surface area contributed by atoms with Crippen molar-refractivity contribution in [1.29, 1.82) is 0 Å². The Morgan fingerprint density at radius 1 is 1.12 bits per heavy atom. The van der Waals surface area contributed by atoms with E-state index in [0.29, 0.717) is 19.4 Å². The van der Waals surface area contributed by atoms with E-state index in [1.165, 1.54) is 32.1 Å².